The molecule has 0 radical (unpaired) electrons. The summed E-state index contributed by atoms with van der Waals surface area (Å²) in [5, 5.41) is 3.59. The summed E-state index contributed by atoms with van der Waals surface area (Å²) in [5.41, 5.74) is 2.17. The molecule has 1 N–H and O–H groups in total. The number of amides is 2. The van der Waals surface area contributed by atoms with Crippen LogP contribution in [0.3, 0.4) is 0 Å². The van der Waals surface area contributed by atoms with Gasteiger partial charge in [0.2, 0.25) is 11.8 Å². The van der Waals surface area contributed by atoms with Crippen molar-refractivity contribution in [2.45, 2.75) is 38.3 Å². The molecule has 0 aliphatic heterocycles. The van der Waals surface area contributed by atoms with Crippen LogP contribution in [0.5, 0.6) is 0 Å². The lowest BCUT2D eigenvalue weighted by Gasteiger charge is -2.32. The molecule has 11 heteroatoms. The summed E-state index contributed by atoms with van der Waals surface area (Å²) in [6.07, 6.45) is 0. The van der Waals surface area contributed by atoms with Gasteiger partial charge in [0.1, 0.15) is 12.6 Å². The zero-order valence-corrected chi connectivity index (χ0v) is 24.4. The number of hydrogen-bond acceptors (Lipinski definition) is 4. The minimum Gasteiger partial charge on any atom is -0.357 e. The van der Waals surface area contributed by atoms with Crippen LogP contribution in [0.15, 0.2) is 65.6 Å². The molecule has 0 saturated heterocycles. The maximum Gasteiger partial charge on any atom is 0.264 e. The lowest BCUT2D eigenvalue weighted by Crippen LogP contribution is -2.50. The molecule has 7 nitrogen and oxygen atoms in total. The summed E-state index contributed by atoms with van der Waals surface area (Å²) >= 11 is 18.8. The van der Waals surface area contributed by atoms with Crippen LogP contribution in [-0.4, -0.2) is 44.8 Å². The zero-order chi connectivity index (χ0) is 28.2. The number of hydrogen-bond donors (Lipinski definition) is 1. The van der Waals surface area contributed by atoms with Crippen molar-refractivity contribution in [1.29, 1.82) is 0 Å². The van der Waals surface area contributed by atoms with Gasteiger partial charge in [-0.05, 0) is 68.8 Å². The van der Waals surface area contributed by atoms with E-state index in [4.69, 9.17) is 34.8 Å². The van der Waals surface area contributed by atoms with E-state index in [1.165, 1.54) is 24.1 Å². The van der Waals surface area contributed by atoms with Crippen molar-refractivity contribution >= 4 is 62.3 Å². The highest BCUT2D eigenvalue weighted by Crippen LogP contribution is 2.31. The van der Waals surface area contributed by atoms with Crippen LogP contribution in [0.1, 0.15) is 23.6 Å². The third-order valence-corrected chi connectivity index (χ3v) is 8.84. The van der Waals surface area contributed by atoms with Crippen molar-refractivity contribution in [3.05, 3.63) is 92.4 Å². The largest absolute Gasteiger partial charge is 0.357 e. The molecule has 0 heterocycles. The minimum atomic E-state index is -4.19. The van der Waals surface area contributed by atoms with Crippen molar-refractivity contribution in [3.63, 3.8) is 0 Å². The van der Waals surface area contributed by atoms with E-state index in [0.29, 0.717) is 26.2 Å². The molecule has 0 fully saturated rings. The number of halogens is 3. The Hall–Kier alpha value is -2.78. The second kappa shape index (κ2) is 12.4. The Morgan fingerprint density at radius 3 is 2.11 bits per heavy atom. The van der Waals surface area contributed by atoms with Crippen LogP contribution in [0.25, 0.3) is 0 Å². The minimum absolute atomic E-state index is 0.0188. The van der Waals surface area contributed by atoms with Gasteiger partial charge in [-0.2, -0.15) is 0 Å². The molecular formula is C27H28Cl3N3O4S. The van der Waals surface area contributed by atoms with Crippen molar-refractivity contribution in [2.24, 2.45) is 0 Å². The highest BCUT2D eigenvalue weighted by Gasteiger charge is 2.33. The smallest absolute Gasteiger partial charge is 0.264 e. The normalized spacial score (nSPS) is 12.1. The second-order valence-electron chi connectivity index (χ2n) is 8.77. The number of aryl methyl sites for hydroxylation is 2. The van der Waals surface area contributed by atoms with E-state index < -0.39 is 34.4 Å². The number of nitrogens with zero attached hydrogens (tertiary/aromatic N) is 2. The molecule has 0 aliphatic rings. The molecule has 3 aromatic carbocycles. The number of carbonyl (C=O) groups excluding carboxylic acids is 2. The monoisotopic (exact) mass is 595 g/mol. The summed E-state index contributed by atoms with van der Waals surface area (Å²) in [5.74, 6) is -1.06. The Balaban J connectivity index is 2.10. The lowest BCUT2D eigenvalue weighted by molar-refractivity contribution is -0.139. The van der Waals surface area contributed by atoms with E-state index in [1.807, 2.05) is 6.92 Å². The van der Waals surface area contributed by atoms with Crippen molar-refractivity contribution in [3.8, 4) is 0 Å². The number of benzene rings is 3. The SMILES string of the molecule is CNC(=O)C(C)N(Cc1c(Cl)cccc1Cl)C(=O)CN(c1ccc(Cl)cc1C)S(=O)(=O)c1ccc(C)cc1. The van der Waals surface area contributed by atoms with E-state index in [9.17, 15) is 18.0 Å². The third kappa shape index (κ3) is 6.61. The summed E-state index contributed by atoms with van der Waals surface area (Å²) in [4.78, 5) is 27.7. The molecule has 1 unspecified atom stereocenters. The average molecular weight is 597 g/mol. The Morgan fingerprint density at radius 2 is 1.55 bits per heavy atom. The summed E-state index contributed by atoms with van der Waals surface area (Å²) in [7, 11) is -2.73. The first kappa shape index (κ1) is 29.8. The lowest BCUT2D eigenvalue weighted by atomic mass is 10.1. The Bertz CT molecular complexity index is 1430. The number of sulfonamides is 1. The van der Waals surface area contributed by atoms with Crippen LogP contribution < -0.4 is 9.62 Å². The van der Waals surface area contributed by atoms with Gasteiger partial charge in [0.15, 0.2) is 0 Å². The molecule has 0 spiro atoms. The Morgan fingerprint density at radius 1 is 0.947 bits per heavy atom. The van der Waals surface area contributed by atoms with Gasteiger partial charge >= 0.3 is 0 Å². The van der Waals surface area contributed by atoms with E-state index >= 15 is 0 Å². The predicted molar refractivity (Wildman–Crippen MR) is 152 cm³/mol. The first-order valence-corrected chi connectivity index (χ1v) is 14.2. The standard InChI is InChI=1S/C27H28Cl3N3O4S/c1-17-8-11-21(12-9-17)38(36,37)33(25-13-10-20(28)14-18(25)2)16-26(34)32(19(3)27(35)31-4)15-22-23(29)6-5-7-24(22)30/h5-14,19H,15-16H2,1-4H3,(H,31,35). The highest BCUT2D eigenvalue weighted by atomic mass is 35.5. The quantitative estimate of drug-likeness (QED) is 0.347. The number of likely N-dealkylation sites (N-methyl/N-ethyl adjacent to an activating group) is 1. The fraction of sp³-hybridized carbons (Fsp3) is 0.259. The van der Waals surface area contributed by atoms with Crippen LogP contribution >= 0.6 is 34.8 Å². The predicted octanol–water partition coefficient (Wildman–Crippen LogP) is 5.62. The van der Waals surface area contributed by atoms with Crippen LogP contribution in [0.2, 0.25) is 15.1 Å². The molecule has 38 heavy (non-hydrogen) atoms. The van der Waals surface area contributed by atoms with Gasteiger partial charge in [0, 0.05) is 34.2 Å². The van der Waals surface area contributed by atoms with Gasteiger partial charge in [0.05, 0.1) is 10.6 Å². The third-order valence-electron chi connectivity index (χ3n) is 6.12. The molecule has 2 amide bonds. The average Bonchev–Trinajstić information content (AvgIpc) is 2.86. The Kier molecular flexibility index (Phi) is 9.70. The zero-order valence-electron chi connectivity index (χ0n) is 21.3. The molecule has 0 aliphatic carbocycles. The van der Waals surface area contributed by atoms with Crippen molar-refractivity contribution in [1.82, 2.24) is 10.2 Å². The first-order valence-electron chi connectivity index (χ1n) is 11.7. The molecule has 0 aromatic heterocycles. The van der Waals surface area contributed by atoms with E-state index in [-0.39, 0.29) is 17.1 Å². The van der Waals surface area contributed by atoms with Gasteiger partial charge < -0.3 is 10.2 Å². The fourth-order valence-electron chi connectivity index (χ4n) is 3.89. The van der Waals surface area contributed by atoms with Crippen molar-refractivity contribution in [2.75, 3.05) is 17.9 Å². The number of nitrogens with one attached hydrogen (secondary N) is 1. The van der Waals surface area contributed by atoms with Gasteiger partial charge in [0.25, 0.3) is 10.0 Å². The maximum absolute atomic E-state index is 13.9. The Labute approximate surface area is 238 Å². The number of carbonyl (C=O) groups is 2. The first-order chi connectivity index (χ1) is 17.9. The molecular weight excluding hydrogens is 569 g/mol. The molecule has 1 atom stereocenters. The fourth-order valence-corrected chi connectivity index (χ4v) is 6.12. The van der Waals surface area contributed by atoms with Crippen LogP contribution in [0, 0.1) is 13.8 Å². The van der Waals surface area contributed by atoms with Crippen molar-refractivity contribution < 1.29 is 18.0 Å². The topological polar surface area (TPSA) is 86.8 Å². The molecule has 202 valence electrons. The molecule has 0 bridgehead atoms. The van der Waals surface area contributed by atoms with E-state index in [1.54, 1.807) is 62.4 Å². The molecule has 3 aromatic rings. The van der Waals surface area contributed by atoms with E-state index in [0.717, 1.165) is 9.87 Å². The van der Waals surface area contributed by atoms with Gasteiger partial charge in [-0.1, -0.05) is 58.6 Å². The van der Waals surface area contributed by atoms with Gasteiger partial charge in [-0.25, -0.2) is 8.42 Å². The van der Waals surface area contributed by atoms with E-state index in [2.05, 4.69) is 5.32 Å². The summed E-state index contributed by atoms with van der Waals surface area (Å²) in [6.45, 7) is 4.41. The van der Waals surface area contributed by atoms with Gasteiger partial charge in [-0.3, -0.25) is 13.9 Å². The molecule has 0 saturated carbocycles. The number of rotatable bonds is 9. The maximum atomic E-state index is 13.9. The summed E-state index contributed by atoms with van der Waals surface area (Å²) in [6, 6.07) is 15.0. The molecule has 3 rings (SSSR count). The summed E-state index contributed by atoms with van der Waals surface area (Å²) < 4.78 is 28.8. The highest BCUT2D eigenvalue weighted by molar-refractivity contribution is 7.92. The van der Waals surface area contributed by atoms with Gasteiger partial charge in [-0.15, -0.1) is 0 Å². The second-order valence-corrected chi connectivity index (χ2v) is 11.9. The van der Waals surface area contributed by atoms with Crippen LogP contribution in [-0.2, 0) is 26.2 Å². The number of anilines is 1. The van der Waals surface area contributed by atoms with Crippen LogP contribution in [0.4, 0.5) is 5.69 Å².